The summed E-state index contributed by atoms with van der Waals surface area (Å²) in [4.78, 5) is 0. The molecule has 0 saturated carbocycles. The maximum absolute atomic E-state index is 9.73. The summed E-state index contributed by atoms with van der Waals surface area (Å²) in [5, 5.41) is 9.73. The summed E-state index contributed by atoms with van der Waals surface area (Å²) in [6.07, 6.45) is 6.79. The lowest BCUT2D eigenvalue weighted by Crippen LogP contribution is -1.98. The zero-order valence-corrected chi connectivity index (χ0v) is 10.9. The van der Waals surface area contributed by atoms with E-state index in [2.05, 4.69) is 41.2 Å². The van der Waals surface area contributed by atoms with Crippen LogP contribution in [0.1, 0.15) is 37.0 Å². The standard InChI is InChI=1S/C16H21NO/c1-2-16(18)15-10-12-17(13-15)11-6-9-14-7-4-3-5-8-14/h3-5,7-8,10,12-13,16,18H,2,6,9,11H2,1H3. The van der Waals surface area contributed by atoms with E-state index in [0.29, 0.717) is 0 Å². The topological polar surface area (TPSA) is 25.2 Å². The molecule has 0 aliphatic carbocycles. The number of aliphatic hydroxyl groups is 1. The first kappa shape index (κ1) is 12.9. The Kier molecular flexibility index (Phi) is 4.59. The van der Waals surface area contributed by atoms with Crippen molar-refractivity contribution in [3.8, 4) is 0 Å². The first-order chi connectivity index (χ1) is 8.79. The molecule has 1 heterocycles. The van der Waals surface area contributed by atoms with Gasteiger partial charge in [0.05, 0.1) is 6.10 Å². The van der Waals surface area contributed by atoms with Crippen molar-refractivity contribution in [3.63, 3.8) is 0 Å². The zero-order chi connectivity index (χ0) is 12.8. The molecule has 0 radical (unpaired) electrons. The Balaban J connectivity index is 1.82. The van der Waals surface area contributed by atoms with Gasteiger partial charge in [0.1, 0.15) is 0 Å². The predicted octanol–water partition coefficient (Wildman–Crippen LogP) is 3.56. The molecule has 1 aromatic carbocycles. The monoisotopic (exact) mass is 243 g/mol. The van der Waals surface area contributed by atoms with Crippen LogP contribution in [0.3, 0.4) is 0 Å². The van der Waals surface area contributed by atoms with Crippen molar-refractivity contribution in [1.29, 1.82) is 0 Å². The molecular weight excluding hydrogens is 222 g/mol. The van der Waals surface area contributed by atoms with Gasteiger partial charge in [-0.2, -0.15) is 0 Å². The average Bonchev–Trinajstić information content (AvgIpc) is 2.88. The third kappa shape index (κ3) is 3.47. The van der Waals surface area contributed by atoms with E-state index >= 15 is 0 Å². The number of benzene rings is 1. The molecule has 2 aromatic rings. The summed E-state index contributed by atoms with van der Waals surface area (Å²) in [5.41, 5.74) is 2.41. The van der Waals surface area contributed by atoms with Crippen molar-refractivity contribution < 1.29 is 5.11 Å². The molecule has 1 atom stereocenters. The van der Waals surface area contributed by atoms with Crippen LogP contribution in [0.15, 0.2) is 48.8 Å². The molecule has 2 nitrogen and oxygen atoms in total. The lowest BCUT2D eigenvalue weighted by Gasteiger charge is -2.05. The summed E-state index contributed by atoms with van der Waals surface area (Å²) < 4.78 is 2.16. The smallest absolute Gasteiger partial charge is 0.0802 e. The Bertz CT molecular complexity index is 461. The Morgan fingerprint density at radius 1 is 1.17 bits per heavy atom. The third-order valence-electron chi connectivity index (χ3n) is 3.27. The number of hydrogen-bond acceptors (Lipinski definition) is 1. The SMILES string of the molecule is CCC(O)c1ccn(CCCc2ccccc2)c1. The van der Waals surface area contributed by atoms with Gasteiger partial charge in [0.15, 0.2) is 0 Å². The van der Waals surface area contributed by atoms with Crippen LogP contribution in [-0.2, 0) is 13.0 Å². The van der Waals surface area contributed by atoms with Crippen LogP contribution in [0.25, 0.3) is 0 Å². The van der Waals surface area contributed by atoms with Gasteiger partial charge in [-0.25, -0.2) is 0 Å². The van der Waals surface area contributed by atoms with Gasteiger partial charge in [0, 0.05) is 18.9 Å². The van der Waals surface area contributed by atoms with E-state index < -0.39 is 0 Å². The second-order valence-corrected chi connectivity index (χ2v) is 4.70. The fourth-order valence-electron chi connectivity index (χ4n) is 2.14. The maximum Gasteiger partial charge on any atom is 0.0802 e. The summed E-state index contributed by atoms with van der Waals surface area (Å²) in [7, 11) is 0. The van der Waals surface area contributed by atoms with Gasteiger partial charge in [-0.05, 0) is 36.5 Å². The van der Waals surface area contributed by atoms with Crippen molar-refractivity contribution in [3.05, 3.63) is 59.9 Å². The molecular formula is C16H21NO. The highest BCUT2D eigenvalue weighted by molar-refractivity contribution is 5.15. The first-order valence-electron chi connectivity index (χ1n) is 6.67. The number of hydrogen-bond donors (Lipinski definition) is 1. The number of aromatic nitrogens is 1. The Labute approximate surface area is 109 Å². The average molecular weight is 243 g/mol. The number of rotatable bonds is 6. The highest BCUT2D eigenvalue weighted by Crippen LogP contribution is 2.16. The van der Waals surface area contributed by atoms with Gasteiger partial charge in [-0.1, -0.05) is 37.3 Å². The molecule has 1 aromatic heterocycles. The van der Waals surface area contributed by atoms with Crippen molar-refractivity contribution in [2.75, 3.05) is 0 Å². The molecule has 0 fully saturated rings. The van der Waals surface area contributed by atoms with Crippen LogP contribution in [0.2, 0.25) is 0 Å². The van der Waals surface area contributed by atoms with E-state index in [1.165, 1.54) is 5.56 Å². The molecule has 1 N–H and O–H groups in total. The van der Waals surface area contributed by atoms with Crippen LogP contribution in [-0.4, -0.2) is 9.67 Å². The number of nitrogens with zero attached hydrogens (tertiary/aromatic N) is 1. The van der Waals surface area contributed by atoms with E-state index in [0.717, 1.165) is 31.4 Å². The highest BCUT2D eigenvalue weighted by atomic mass is 16.3. The minimum absolute atomic E-state index is 0.319. The largest absolute Gasteiger partial charge is 0.388 e. The molecule has 96 valence electrons. The molecule has 2 rings (SSSR count). The predicted molar refractivity (Wildman–Crippen MR) is 74.4 cm³/mol. The number of aryl methyl sites for hydroxylation is 2. The summed E-state index contributed by atoms with van der Waals surface area (Å²) in [5.74, 6) is 0. The van der Waals surface area contributed by atoms with Crippen LogP contribution in [0.5, 0.6) is 0 Å². The molecule has 18 heavy (non-hydrogen) atoms. The minimum atomic E-state index is -0.319. The molecule has 0 aliphatic rings. The van der Waals surface area contributed by atoms with Crippen molar-refractivity contribution >= 4 is 0 Å². The third-order valence-corrected chi connectivity index (χ3v) is 3.27. The van der Waals surface area contributed by atoms with Crippen LogP contribution in [0, 0.1) is 0 Å². The number of aliphatic hydroxyl groups excluding tert-OH is 1. The molecule has 0 saturated heterocycles. The Morgan fingerprint density at radius 3 is 2.67 bits per heavy atom. The van der Waals surface area contributed by atoms with E-state index in [4.69, 9.17) is 0 Å². The van der Waals surface area contributed by atoms with Gasteiger partial charge < -0.3 is 9.67 Å². The molecule has 0 amide bonds. The molecule has 1 unspecified atom stereocenters. The molecule has 2 heteroatoms. The van der Waals surface area contributed by atoms with Gasteiger partial charge in [-0.3, -0.25) is 0 Å². The first-order valence-corrected chi connectivity index (χ1v) is 6.67. The van der Waals surface area contributed by atoms with E-state index in [-0.39, 0.29) is 6.10 Å². The Morgan fingerprint density at radius 2 is 1.94 bits per heavy atom. The zero-order valence-electron chi connectivity index (χ0n) is 10.9. The second-order valence-electron chi connectivity index (χ2n) is 4.70. The summed E-state index contributed by atoms with van der Waals surface area (Å²) in [6.45, 7) is 3.00. The maximum atomic E-state index is 9.73. The molecule has 0 spiro atoms. The fourth-order valence-corrected chi connectivity index (χ4v) is 2.14. The Hall–Kier alpha value is -1.54. The van der Waals surface area contributed by atoms with E-state index in [1.807, 2.05) is 19.1 Å². The summed E-state index contributed by atoms with van der Waals surface area (Å²) in [6, 6.07) is 12.6. The molecule has 0 bridgehead atoms. The van der Waals surface area contributed by atoms with Crippen LogP contribution >= 0.6 is 0 Å². The quantitative estimate of drug-likeness (QED) is 0.824. The van der Waals surface area contributed by atoms with E-state index in [9.17, 15) is 5.11 Å². The van der Waals surface area contributed by atoms with Crippen molar-refractivity contribution in [2.45, 2.75) is 38.8 Å². The summed E-state index contributed by atoms with van der Waals surface area (Å²) >= 11 is 0. The van der Waals surface area contributed by atoms with Gasteiger partial charge in [0.2, 0.25) is 0 Å². The van der Waals surface area contributed by atoms with Crippen molar-refractivity contribution in [2.24, 2.45) is 0 Å². The van der Waals surface area contributed by atoms with Crippen LogP contribution < -0.4 is 0 Å². The molecule has 0 aliphatic heterocycles. The lowest BCUT2D eigenvalue weighted by molar-refractivity contribution is 0.173. The van der Waals surface area contributed by atoms with Crippen molar-refractivity contribution in [1.82, 2.24) is 4.57 Å². The van der Waals surface area contributed by atoms with Gasteiger partial charge in [-0.15, -0.1) is 0 Å². The minimum Gasteiger partial charge on any atom is -0.388 e. The fraction of sp³-hybridized carbons (Fsp3) is 0.375. The highest BCUT2D eigenvalue weighted by Gasteiger charge is 2.05. The van der Waals surface area contributed by atoms with Gasteiger partial charge in [0.25, 0.3) is 0 Å². The normalized spacial score (nSPS) is 12.6. The van der Waals surface area contributed by atoms with Crippen LogP contribution in [0.4, 0.5) is 0 Å². The lowest BCUT2D eigenvalue weighted by atomic mass is 10.1. The van der Waals surface area contributed by atoms with E-state index in [1.54, 1.807) is 0 Å². The van der Waals surface area contributed by atoms with Gasteiger partial charge >= 0.3 is 0 Å². The second kappa shape index (κ2) is 6.41.